The van der Waals surface area contributed by atoms with Crippen LogP contribution >= 0.6 is 0 Å². The predicted octanol–water partition coefficient (Wildman–Crippen LogP) is 1.97. The van der Waals surface area contributed by atoms with E-state index in [1.54, 1.807) is 22.8 Å². The van der Waals surface area contributed by atoms with Crippen LogP contribution in [0.5, 0.6) is 5.88 Å². The topological polar surface area (TPSA) is 94.3 Å². The molecule has 0 spiro atoms. The molecule has 0 aliphatic rings. The van der Waals surface area contributed by atoms with Gasteiger partial charge < -0.3 is 10.1 Å². The van der Waals surface area contributed by atoms with Crippen LogP contribution in [0.25, 0.3) is 5.78 Å². The Bertz CT molecular complexity index is 890. The fourth-order valence-corrected chi connectivity index (χ4v) is 2.45. The zero-order valence-electron chi connectivity index (χ0n) is 14.4. The van der Waals surface area contributed by atoms with Crippen LogP contribution in [-0.2, 0) is 6.54 Å². The van der Waals surface area contributed by atoms with Crippen LogP contribution in [0, 0.1) is 0 Å². The van der Waals surface area contributed by atoms with E-state index < -0.39 is 0 Å². The van der Waals surface area contributed by atoms with Crippen molar-refractivity contribution in [3.05, 3.63) is 47.7 Å². The highest BCUT2D eigenvalue weighted by molar-refractivity contribution is 5.92. The van der Waals surface area contributed by atoms with Gasteiger partial charge in [-0.25, -0.2) is 14.5 Å². The lowest BCUT2D eigenvalue weighted by atomic mass is 10.1. The largest absolute Gasteiger partial charge is 0.478 e. The van der Waals surface area contributed by atoms with Crippen molar-refractivity contribution in [2.24, 2.45) is 0 Å². The standard InChI is InChI=1S/C17H20N6O2/c1-4-25-16-12(6-5-7-18-16)9-19-15(24)13-8-14(11(2)3)23-17(22-13)20-10-21-23/h5-8,10-11H,4,9H2,1-3H3,(H,19,24). The molecular weight excluding hydrogens is 320 g/mol. The summed E-state index contributed by atoms with van der Waals surface area (Å²) in [7, 11) is 0. The van der Waals surface area contributed by atoms with Crippen LogP contribution in [0.15, 0.2) is 30.7 Å². The van der Waals surface area contributed by atoms with E-state index in [1.165, 1.54) is 6.33 Å². The second-order valence-corrected chi connectivity index (χ2v) is 5.78. The summed E-state index contributed by atoms with van der Waals surface area (Å²) in [6.07, 6.45) is 3.09. The first-order chi connectivity index (χ1) is 12.1. The number of hydrogen-bond acceptors (Lipinski definition) is 6. The van der Waals surface area contributed by atoms with Crippen LogP contribution in [0.3, 0.4) is 0 Å². The van der Waals surface area contributed by atoms with Gasteiger partial charge in [-0.1, -0.05) is 19.9 Å². The molecule has 0 saturated heterocycles. The maximum absolute atomic E-state index is 12.5. The van der Waals surface area contributed by atoms with Gasteiger partial charge in [0.25, 0.3) is 11.7 Å². The summed E-state index contributed by atoms with van der Waals surface area (Å²) in [5, 5.41) is 7.01. The van der Waals surface area contributed by atoms with Crippen LogP contribution in [0.4, 0.5) is 0 Å². The van der Waals surface area contributed by atoms with E-state index in [4.69, 9.17) is 4.74 Å². The zero-order valence-corrected chi connectivity index (χ0v) is 14.4. The van der Waals surface area contributed by atoms with Crippen molar-refractivity contribution in [3.63, 3.8) is 0 Å². The molecule has 3 aromatic rings. The number of fused-ring (bicyclic) bond motifs is 1. The number of pyridine rings is 1. The van der Waals surface area contributed by atoms with Crippen molar-refractivity contribution in [2.45, 2.75) is 33.2 Å². The van der Waals surface area contributed by atoms with Crippen LogP contribution < -0.4 is 10.1 Å². The Balaban J connectivity index is 1.81. The van der Waals surface area contributed by atoms with Gasteiger partial charge in [0, 0.05) is 18.3 Å². The first kappa shape index (κ1) is 16.8. The highest BCUT2D eigenvalue weighted by Crippen LogP contribution is 2.17. The van der Waals surface area contributed by atoms with Gasteiger partial charge in [0.1, 0.15) is 12.0 Å². The number of hydrogen-bond donors (Lipinski definition) is 1. The molecule has 1 amide bonds. The SMILES string of the molecule is CCOc1ncccc1CNC(=O)c1cc(C(C)C)n2ncnc2n1. The summed E-state index contributed by atoms with van der Waals surface area (Å²) < 4.78 is 7.12. The molecule has 0 aliphatic heterocycles. The van der Waals surface area contributed by atoms with E-state index in [-0.39, 0.29) is 11.8 Å². The lowest BCUT2D eigenvalue weighted by Gasteiger charge is -2.11. The third-order valence-corrected chi connectivity index (χ3v) is 3.67. The number of carbonyl (C=O) groups excluding carboxylic acids is 1. The molecule has 3 heterocycles. The minimum absolute atomic E-state index is 0.182. The Morgan fingerprint density at radius 3 is 2.96 bits per heavy atom. The highest BCUT2D eigenvalue weighted by atomic mass is 16.5. The van der Waals surface area contributed by atoms with E-state index in [1.807, 2.05) is 26.8 Å². The van der Waals surface area contributed by atoms with Crippen LogP contribution in [-0.4, -0.2) is 37.1 Å². The molecule has 0 bridgehead atoms. The molecule has 1 N–H and O–H groups in total. The molecule has 25 heavy (non-hydrogen) atoms. The van der Waals surface area contributed by atoms with Gasteiger partial charge in [0.05, 0.1) is 12.3 Å². The summed E-state index contributed by atoms with van der Waals surface area (Å²) in [6.45, 7) is 6.77. The predicted molar refractivity (Wildman–Crippen MR) is 91.4 cm³/mol. The number of nitrogens with zero attached hydrogens (tertiary/aromatic N) is 5. The molecule has 0 aliphatic carbocycles. The van der Waals surface area contributed by atoms with Crippen molar-refractivity contribution in [2.75, 3.05) is 6.61 Å². The summed E-state index contributed by atoms with van der Waals surface area (Å²) in [5.74, 6) is 0.835. The van der Waals surface area contributed by atoms with Crippen LogP contribution in [0.2, 0.25) is 0 Å². The van der Waals surface area contributed by atoms with E-state index in [2.05, 4.69) is 25.4 Å². The molecule has 0 radical (unpaired) electrons. The lowest BCUT2D eigenvalue weighted by molar-refractivity contribution is 0.0945. The van der Waals surface area contributed by atoms with Crippen molar-refractivity contribution < 1.29 is 9.53 Å². The normalized spacial score (nSPS) is 11.0. The molecule has 8 nitrogen and oxygen atoms in total. The third-order valence-electron chi connectivity index (χ3n) is 3.67. The molecule has 0 aromatic carbocycles. The molecule has 0 fully saturated rings. The van der Waals surface area contributed by atoms with Gasteiger partial charge in [-0.05, 0) is 25.0 Å². The minimum atomic E-state index is -0.279. The Hall–Kier alpha value is -3.03. The Morgan fingerprint density at radius 2 is 2.20 bits per heavy atom. The highest BCUT2D eigenvalue weighted by Gasteiger charge is 2.16. The van der Waals surface area contributed by atoms with Gasteiger partial charge >= 0.3 is 0 Å². The lowest BCUT2D eigenvalue weighted by Crippen LogP contribution is -2.25. The van der Waals surface area contributed by atoms with Crippen molar-refractivity contribution >= 4 is 11.7 Å². The van der Waals surface area contributed by atoms with Gasteiger partial charge in [0.2, 0.25) is 5.88 Å². The van der Waals surface area contributed by atoms with Crippen LogP contribution in [0.1, 0.15) is 48.4 Å². The third kappa shape index (κ3) is 3.57. The molecule has 3 aromatic heterocycles. The number of nitrogens with one attached hydrogen (secondary N) is 1. The maximum atomic E-state index is 12.5. The van der Waals surface area contributed by atoms with Gasteiger partial charge in [-0.3, -0.25) is 4.79 Å². The van der Waals surface area contributed by atoms with Crippen molar-refractivity contribution in [1.29, 1.82) is 0 Å². The molecule has 130 valence electrons. The molecule has 0 saturated carbocycles. The second-order valence-electron chi connectivity index (χ2n) is 5.78. The van der Waals surface area contributed by atoms with Gasteiger partial charge in [-0.15, -0.1) is 0 Å². The smallest absolute Gasteiger partial charge is 0.270 e. The van der Waals surface area contributed by atoms with Crippen molar-refractivity contribution in [1.82, 2.24) is 29.9 Å². The molecule has 0 atom stereocenters. The summed E-state index contributed by atoms with van der Waals surface area (Å²) in [5.41, 5.74) is 2.00. The van der Waals surface area contributed by atoms with E-state index in [0.29, 0.717) is 30.5 Å². The fraction of sp³-hybridized carbons (Fsp3) is 0.353. The Labute approximate surface area is 145 Å². The zero-order chi connectivity index (χ0) is 17.8. The van der Waals surface area contributed by atoms with Crippen molar-refractivity contribution in [3.8, 4) is 5.88 Å². The Morgan fingerprint density at radius 1 is 1.36 bits per heavy atom. The first-order valence-corrected chi connectivity index (χ1v) is 8.15. The average Bonchev–Trinajstić information content (AvgIpc) is 3.08. The first-order valence-electron chi connectivity index (χ1n) is 8.15. The van der Waals surface area contributed by atoms with E-state index in [9.17, 15) is 4.79 Å². The van der Waals surface area contributed by atoms with E-state index in [0.717, 1.165) is 11.3 Å². The molecule has 3 rings (SSSR count). The Kier molecular flexibility index (Phi) is 4.87. The average molecular weight is 340 g/mol. The van der Waals surface area contributed by atoms with Gasteiger partial charge in [0.15, 0.2) is 0 Å². The summed E-state index contributed by atoms with van der Waals surface area (Å²) in [4.78, 5) is 25.1. The maximum Gasteiger partial charge on any atom is 0.270 e. The molecular formula is C17H20N6O2. The number of ether oxygens (including phenoxy) is 1. The number of carbonyl (C=O) groups is 1. The second kappa shape index (κ2) is 7.25. The number of aromatic nitrogens is 5. The fourth-order valence-electron chi connectivity index (χ4n) is 2.45. The minimum Gasteiger partial charge on any atom is -0.478 e. The number of rotatable bonds is 6. The summed E-state index contributed by atoms with van der Waals surface area (Å²) in [6, 6.07) is 5.42. The monoisotopic (exact) mass is 340 g/mol. The van der Waals surface area contributed by atoms with E-state index >= 15 is 0 Å². The van der Waals surface area contributed by atoms with Gasteiger partial charge in [-0.2, -0.15) is 10.1 Å². The molecule has 0 unspecified atom stereocenters. The quantitative estimate of drug-likeness (QED) is 0.737. The molecule has 8 heteroatoms. The number of amides is 1. The summed E-state index contributed by atoms with van der Waals surface area (Å²) >= 11 is 0.